The highest BCUT2D eigenvalue weighted by Gasteiger charge is 2.22. The Labute approximate surface area is 95.4 Å². The molecule has 3 atom stereocenters. The molecule has 0 saturated carbocycles. The highest BCUT2D eigenvalue weighted by atomic mass is 15.2. The third kappa shape index (κ3) is 4.52. The van der Waals surface area contributed by atoms with E-state index in [0.29, 0.717) is 0 Å². The molecule has 1 fully saturated rings. The third-order valence-electron chi connectivity index (χ3n) is 3.74. The Balaban J connectivity index is 2.27. The highest BCUT2D eigenvalue weighted by Crippen LogP contribution is 2.15. The fourth-order valence-corrected chi connectivity index (χ4v) is 2.41. The fourth-order valence-electron chi connectivity index (χ4n) is 2.41. The molecule has 0 spiro atoms. The van der Waals surface area contributed by atoms with Crippen molar-refractivity contribution in [1.82, 2.24) is 10.2 Å². The molecule has 0 radical (unpaired) electrons. The summed E-state index contributed by atoms with van der Waals surface area (Å²) < 4.78 is 0. The van der Waals surface area contributed by atoms with Crippen LogP contribution in [0.15, 0.2) is 0 Å². The van der Waals surface area contributed by atoms with Crippen molar-refractivity contribution >= 4 is 0 Å². The smallest absolute Gasteiger partial charge is 0.0209 e. The minimum absolute atomic E-state index is 0.733. The van der Waals surface area contributed by atoms with Crippen LogP contribution in [0.2, 0.25) is 0 Å². The molecule has 90 valence electrons. The van der Waals surface area contributed by atoms with E-state index in [0.717, 1.165) is 18.0 Å². The topological polar surface area (TPSA) is 15.3 Å². The summed E-state index contributed by atoms with van der Waals surface area (Å²) in [6.45, 7) is 9.46. The molecule has 1 N–H and O–H groups in total. The van der Waals surface area contributed by atoms with Crippen LogP contribution >= 0.6 is 0 Å². The van der Waals surface area contributed by atoms with Crippen LogP contribution in [0.4, 0.5) is 0 Å². The number of hydrogen-bond acceptors (Lipinski definition) is 2. The summed E-state index contributed by atoms with van der Waals surface area (Å²) in [5, 5.41) is 3.82. The predicted octanol–water partition coefficient (Wildman–Crippen LogP) is 2.49. The van der Waals surface area contributed by atoms with Gasteiger partial charge in [-0.2, -0.15) is 0 Å². The van der Waals surface area contributed by atoms with Gasteiger partial charge in [-0.1, -0.05) is 27.2 Å². The summed E-state index contributed by atoms with van der Waals surface area (Å²) in [4.78, 5) is 2.42. The van der Waals surface area contributed by atoms with Crippen LogP contribution < -0.4 is 5.32 Å². The molecule has 2 nitrogen and oxygen atoms in total. The van der Waals surface area contributed by atoms with Gasteiger partial charge in [-0.05, 0) is 38.8 Å². The van der Waals surface area contributed by atoms with Crippen molar-refractivity contribution in [1.29, 1.82) is 0 Å². The lowest BCUT2D eigenvalue weighted by molar-refractivity contribution is 0.337. The summed E-state index contributed by atoms with van der Waals surface area (Å²) in [6.07, 6.45) is 5.24. The second-order valence-electron chi connectivity index (χ2n) is 5.27. The monoisotopic (exact) mass is 212 g/mol. The van der Waals surface area contributed by atoms with E-state index in [1.54, 1.807) is 0 Å². The molecule has 1 aliphatic heterocycles. The van der Waals surface area contributed by atoms with Crippen molar-refractivity contribution in [2.75, 3.05) is 20.1 Å². The van der Waals surface area contributed by atoms with Gasteiger partial charge in [-0.15, -0.1) is 0 Å². The molecule has 0 aromatic rings. The average molecular weight is 212 g/mol. The second kappa shape index (κ2) is 6.49. The Morgan fingerprint density at radius 3 is 2.53 bits per heavy atom. The molecule has 1 heterocycles. The summed E-state index contributed by atoms with van der Waals surface area (Å²) >= 11 is 0. The van der Waals surface area contributed by atoms with E-state index in [2.05, 4.69) is 38.0 Å². The van der Waals surface area contributed by atoms with E-state index in [1.807, 2.05) is 0 Å². The Hall–Kier alpha value is -0.0800. The maximum atomic E-state index is 3.82. The minimum Gasteiger partial charge on any atom is -0.310 e. The molecule has 0 aliphatic carbocycles. The number of nitrogens with one attached hydrogen (secondary N) is 1. The van der Waals surface area contributed by atoms with Crippen molar-refractivity contribution < 1.29 is 0 Å². The molecule has 1 aliphatic rings. The van der Waals surface area contributed by atoms with Gasteiger partial charge in [0, 0.05) is 18.6 Å². The average Bonchev–Trinajstić information content (AvgIpc) is 2.62. The summed E-state index contributed by atoms with van der Waals surface area (Å²) in [6, 6.07) is 1.47. The Kier molecular flexibility index (Phi) is 5.62. The number of nitrogens with zero attached hydrogens (tertiary/aromatic N) is 1. The van der Waals surface area contributed by atoms with E-state index in [1.165, 1.54) is 38.8 Å². The van der Waals surface area contributed by atoms with Gasteiger partial charge in [0.05, 0.1) is 0 Å². The molecule has 1 rings (SSSR count). The zero-order valence-corrected chi connectivity index (χ0v) is 10.9. The van der Waals surface area contributed by atoms with E-state index in [4.69, 9.17) is 0 Å². The van der Waals surface area contributed by atoms with Gasteiger partial charge < -0.3 is 10.2 Å². The molecule has 0 bridgehead atoms. The lowest BCUT2D eigenvalue weighted by Gasteiger charge is -2.24. The zero-order chi connectivity index (χ0) is 11.3. The molecule has 15 heavy (non-hydrogen) atoms. The van der Waals surface area contributed by atoms with Gasteiger partial charge in [0.25, 0.3) is 0 Å². The van der Waals surface area contributed by atoms with Gasteiger partial charge in [0.1, 0.15) is 0 Å². The van der Waals surface area contributed by atoms with Crippen LogP contribution in [0.5, 0.6) is 0 Å². The zero-order valence-electron chi connectivity index (χ0n) is 10.9. The van der Waals surface area contributed by atoms with Crippen LogP contribution in [-0.2, 0) is 0 Å². The van der Waals surface area contributed by atoms with Crippen molar-refractivity contribution in [2.24, 2.45) is 5.92 Å². The molecule has 2 heteroatoms. The maximum absolute atomic E-state index is 3.82. The van der Waals surface area contributed by atoms with Gasteiger partial charge in [-0.25, -0.2) is 0 Å². The van der Waals surface area contributed by atoms with Crippen molar-refractivity contribution in [3.63, 3.8) is 0 Å². The van der Waals surface area contributed by atoms with Crippen LogP contribution in [-0.4, -0.2) is 37.1 Å². The lowest BCUT2D eigenvalue weighted by Crippen LogP contribution is -2.40. The molecular weight excluding hydrogens is 184 g/mol. The molecule has 0 aromatic heterocycles. The van der Waals surface area contributed by atoms with E-state index < -0.39 is 0 Å². The lowest BCUT2D eigenvalue weighted by atomic mass is 9.97. The number of likely N-dealkylation sites (tertiary alicyclic amines) is 1. The first-order valence-corrected chi connectivity index (χ1v) is 6.60. The van der Waals surface area contributed by atoms with Gasteiger partial charge in [-0.3, -0.25) is 0 Å². The standard InChI is InChI=1S/C13H28N2/c1-5-11(3)9-12(6-2)14-13-7-8-15(4)10-13/h11-14H,5-10H2,1-4H3/t11-,12+,13+/m0/s1. The van der Waals surface area contributed by atoms with E-state index in [9.17, 15) is 0 Å². The summed E-state index contributed by atoms with van der Waals surface area (Å²) in [5.74, 6) is 0.863. The molecular formula is C13H28N2. The Bertz CT molecular complexity index is 170. The van der Waals surface area contributed by atoms with E-state index in [-0.39, 0.29) is 0 Å². The molecule has 0 aromatic carbocycles. The largest absolute Gasteiger partial charge is 0.310 e. The van der Waals surface area contributed by atoms with Crippen LogP contribution in [0.1, 0.15) is 46.5 Å². The number of rotatable bonds is 6. The predicted molar refractivity (Wildman–Crippen MR) is 67.2 cm³/mol. The first-order valence-electron chi connectivity index (χ1n) is 6.60. The number of hydrogen-bond donors (Lipinski definition) is 1. The Morgan fingerprint density at radius 2 is 2.07 bits per heavy atom. The maximum Gasteiger partial charge on any atom is 0.0209 e. The third-order valence-corrected chi connectivity index (χ3v) is 3.74. The summed E-state index contributed by atoms with van der Waals surface area (Å²) in [7, 11) is 2.22. The minimum atomic E-state index is 0.733. The second-order valence-corrected chi connectivity index (χ2v) is 5.27. The first-order chi connectivity index (χ1) is 7.15. The van der Waals surface area contributed by atoms with Crippen LogP contribution in [0.25, 0.3) is 0 Å². The molecule has 1 saturated heterocycles. The molecule has 0 amide bonds. The van der Waals surface area contributed by atoms with Crippen LogP contribution in [0.3, 0.4) is 0 Å². The highest BCUT2D eigenvalue weighted by molar-refractivity contribution is 4.82. The van der Waals surface area contributed by atoms with Crippen LogP contribution in [0, 0.1) is 5.92 Å². The Morgan fingerprint density at radius 1 is 1.33 bits per heavy atom. The van der Waals surface area contributed by atoms with Gasteiger partial charge in [0.2, 0.25) is 0 Å². The van der Waals surface area contributed by atoms with Crippen molar-refractivity contribution in [3.05, 3.63) is 0 Å². The van der Waals surface area contributed by atoms with Crippen molar-refractivity contribution in [3.8, 4) is 0 Å². The number of likely N-dealkylation sites (N-methyl/N-ethyl adjacent to an activating group) is 1. The molecule has 0 unspecified atom stereocenters. The SMILES string of the molecule is CC[C@H](C)C[C@@H](CC)N[C@@H]1CCN(C)C1. The van der Waals surface area contributed by atoms with Gasteiger partial charge in [0.15, 0.2) is 0 Å². The van der Waals surface area contributed by atoms with Gasteiger partial charge >= 0.3 is 0 Å². The van der Waals surface area contributed by atoms with Crippen molar-refractivity contribution in [2.45, 2.75) is 58.5 Å². The quantitative estimate of drug-likeness (QED) is 0.728. The fraction of sp³-hybridized carbons (Fsp3) is 1.00. The van der Waals surface area contributed by atoms with E-state index >= 15 is 0 Å². The first kappa shape index (κ1) is 13.0. The normalized spacial score (nSPS) is 26.8. The summed E-state index contributed by atoms with van der Waals surface area (Å²) in [5.41, 5.74) is 0.